The van der Waals surface area contributed by atoms with E-state index in [-0.39, 0.29) is 6.04 Å². The summed E-state index contributed by atoms with van der Waals surface area (Å²) < 4.78 is 12.3. The highest BCUT2D eigenvalue weighted by atomic mass is 16.5. The molecule has 1 heterocycles. The van der Waals surface area contributed by atoms with Gasteiger partial charge in [0.15, 0.2) is 5.82 Å². The molecule has 0 aliphatic rings. The molecule has 1 atom stereocenters. The molecule has 2 aromatic rings. The molecule has 1 unspecified atom stereocenters. The number of aromatic nitrogens is 4. The number of benzene rings is 1. The van der Waals surface area contributed by atoms with Crippen molar-refractivity contribution in [3.63, 3.8) is 0 Å². The van der Waals surface area contributed by atoms with Crippen LogP contribution in [0.3, 0.4) is 0 Å². The van der Waals surface area contributed by atoms with Crippen LogP contribution >= 0.6 is 0 Å². The Bertz CT molecular complexity index is 578. The molecule has 7 nitrogen and oxygen atoms in total. The van der Waals surface area contributed by atoms with Gasteiger partial charge in [0.05, 0.1) is 25.4 Å². The Morgan fingerprint density at radius 3 is 2.81 bits per heavy atom. The van der Waals surface area contributed by atoms with E-state index in [0.29, 0.717) is 23.9 Å². The number of methoxy groups -OCH3 is 2. The summed E-state index contributed by atoms with van der Waals surface area (Å²) in [6, 6.07) is 5.62. The Morgan fingerprint density at radius 2 is 2.14 bits per heavy atom. The first-order valence-electron chi connectivity index (χ1n) is 6.92. The first kappa shape index (κ1) is 15.2. The molecule has 0 radical (unpaired) electrons. The van der Waals surface area contributed by atoms with Crippen LogP contribution in [0, 0.1) is 0 Å². The molecular formula is C14H21N5O2. The van der Waals surface area contributed by atoms with Gasteiger partial charge in [0.25, 0.3) is 0 Å². The van der Waals surface area contributed by atoms with E-state index in [2.05, 4.69) is 22.4 Å². The maximum Gasteiger partial charge on any atom is 0.182 e. The van der Waals surface area contributed by atoms with E-state index in [4.69, 9.17) is 15.2 Å². The number of nitrogens with zero attached hydrogens (tertiary/aromatic N) is 4. The van der Waals surface area contributed by atoms with Crippen molar-refractivity contribution >= 4 is 5.69 Å². The van der Waals surface area contributed by atoms with Crippen molar-refractivity contribution in [2.24, 2.45) is 0 Å². The topological polar surface area (TPSA) is 88.1 Å². The maximum atomic E-state index is 5.84. The molecule has 7 heteroatoms. The molecule has 2 N–H and O–H groups in total. The fraction of sp³-hybridized carbons (Fsp3) is 0.500. The van der Waals surface area contributed by atoms with E-state index in [1.807, 2.05) is 12.1 Å². The molecule has 0 aliphatic heterocycles. The molecule has 0 saturated heterocycles. The quantitative estimate of drug-likeness (QED) is 0.784. The number of nitrogens with two attached hydrogens (primary N) is 1. The van der Waals surface area contributed by atoms with Gasteiger partial charge in [-0.1, -0.05) is 13.3 Å². The zero-order valence-electron chi connectivity index (χ0n) is 12.6. The minimum atomic E-state index is 0.105. The average molecular weight is 291 g/mol. The molecule has 0 bridgehead atoms. The van der Waals surface area contributed by atoms with Gasteiger partial charge < -0.3 is 15.2 Å². The molecule has 1 aromatic heterocycles. The van der Waals surface area contributed by atoms with Crippen molar-refractivity contribution in [2.45, 2.75) is 25.8 Å². The van der Waals surface area contributed by atoms with Crippen LogP contribution in [-0.4, -0.2) is 41.0 Å². The lowest BCUT2D eigenvalue weighted by molar-refractivity contribution is 0.144. The molecule has 0 spiro atoms. The van der Waals surface area contributed by atoms with Crippen LogP contribution in [0.4, 0.5) is 5.69 Å². The van der Waals surface area contributed by atoms with Gasteiger partial charge in [-0.2, -0.15) is 0 Å². The number of ether oxygens (including phenoxy) is 2. The standard InChI is InChI=1S/C14H21N5O2/c1-4-5-11(9-20-2)19-14(16-17-18-19)10-6-7-12(15)13(8-10)21-3/h6-8,11H,4-5,9,15H2,1-3H3. The average Bonchev–Trinajstić information content (AvgIpc) is 2.97. The monoisotopic (exact) mass is 291 g/mol. The Morgan fingerprint density at radius 1 is 1.33 bits per heavy atom. The van der Waals surface area contributed by atoms with Crippen molar-refractivity contribution in [1.82, 2.24) is 20.2 Å². The third kappa shape index (κ3) is 3.30. The number of hydrogen-bond acceptors (Lipinski definition) is 6. The second-order valence-electron chi connectivity index (χ2n) is 4.80. The van der Waals surface area contributed by atoms with Crippen molar-refractivity contribution in [1.29, 1.82) is 0 Å². The fourth-order valence-electron chi connectivity index (χ4n) is 2.28. The number of tetrazole rings is 1. The van der Waals surface area contributed by atoms with Crippen LogP contribution in [-0.2, 0) is 4.74 Å². The highest BCUT2D eigenvalue weighted by Crippen LogP contribution is 2.29. The largest absolute Gasteiger partial charge is 0.495 e. The molecular weight excluding hydrogens is 270 g/mol. The molecule has 2 rings (SSSR count). The molecule has 21 heavy (non-hydrogen) atoms. The van der Waals surface area contributed by atoms with Crippen LogP contribution in [0.15, 0.2) is 18.2 Å². The van der Waals surface area contributed by atoms with Crippen LogP contribution < -0.4 is 10.5 Å². The van der Waals surface area contributed by atoms with Crippen LogP contribution in [0.25, 0.3) is 11.4 Å². The van der Waals surface area contributed by atoms with Crippen LogP contribution in [0.5, 0.6) is 5.75 Å². The van der Waals surface area contributed by atoms with E-state index < -0.39 is 0 Å². The van der Waals surface area contributed by atoms with Gasteiger partial charge in [0, 0.05) is 12.7 Å². The molecule has 0 amide bonds. The summed E-state index contributed by atoms with van der Waals surface area (Å²) in [6.45, 7) is 2.69. The molecule has 0 aliphatic carbocycles. The van der Waals surface area contributed by atoms with Crippen molar-refractivity contribution < 1.29 is 9.47 Å². The summed E-state index contributed by atoms with van der Waals surface area (Å²) in [5.74, 6) is 1.30. The van der Waals surface area contributed by atoms with Crippen LogP contribution in [0.1, 0.15) is 25.8 Å². The lowest BCUT2D eigenvalue weighted by atomic mass is 10.1. The minimum absolute atomic E-state index is 0.105. The molecule has 0 fully saturated rings. The van der Waals surface area contributed by atoms with E-state index in [1.54, 1.807) is 25.0 Å². The van der Waals surface area contributed by atoms with E-state index in [1.165, 1.54) is 0 Å². The second-order valence-corrected chi connectivity index (χ2v) is 4.80. The third-order valence-electron chi connectivity index (χ3n) is 3.31. The summed E-state index contributed by atoms with van der Waals surface area (Å²) in [7, 11) is 3.27. The summed E-state index contributed by atoms with van der Waals surface area (Å²) in [5, 5.41) is 12.0. The Hall–Kier alpha value is -2.15. The van der Waals surface area contributed by atoms with Gasteiger partial charge >= 0.3 is 0 Å². The SMILES string of the molecule is CCCC(COC)n1nnnc1-c1ccc(N)c(OC)c1. The molecule has 114 valence electrons. The molecule has 1 aromatic carbocycles. The summed E-state index contributed by atoms with van der Waals surface area (Å²) in [4.78, 5) is 0. The Labute approximate surface area is 124 Å². The van der Waals surface area contributed by atoms with Gasteiger partial charge in [-0.3, -0.25) is 0 Å². The first-order valence-corrected chi connectivity index (χ1v) is 6.92. The number of nitrogen functional groups attached to an aromatic ring is 1. The number of rotatable bonds is 7. The predicted molar refractivity (Wildman–Crippen MR) is 80.0 cm³/mol. The van der Waals surface area contributed by atoms with E-state index in [9.17, 15) is 0 Å². The first-order chi connectivity index (χ1) is 10.2. The summed E-state index contributed by atoms with van der Waals surface area (Å²) in [5.41, 5.74) is 7.29. The minimum Gasteiger partial charge on any atom is -0.495 e. The molecule has 0 saturated carbocycles. The normalized spacial score (nSPS) is 12.3. The smallest absolute Gasteiger partial charge is 0.182 e. The van der Waals surface area contributed by atoms with E-state index >= 15 is 0 Å². The van der Waals surface area contributed by atoms with Gasteiger partial charge in [0.2, 0.25) is 0 Å². The predicted octanol–water partition coefficient (Wildman–Crippen LogP) is 1.92. The van der Waals surface area contributed by atoms with Gasteiger partial charge in [-0.15, -0.1) is 5.10 Å². The Balaban J connectivity index is 2.39. The lowest BCUT2D eigenvalue weighted by Gasteiger charge is -2.17. The third-order valence-corrected chi connectivity index (χ3v) is 3.31. The van der Waals surface area contributed by atoms with Gasteiger partial charge in [-0.25, -0.2) is 4.68 Å². The maximum absolute atomic E-state index is 5.84. The van der Waals surface area contributed by atoms with E-state index in [0.717, 1.165) is 18.4 Å². The van der Waals surface area contributed by atoms with Gasteiger partial charge in [0.1, 0.15) is 5.75 Å². The lowest BCUT2D eigenvalue weighted by Crippen LogP contribution is -2.17. The van der Waals surface area contributed by atoms with Crippen molar-refractivity contribution in [3.05, 3.63) is 18.2 Å². The Kier molecular flexibility index (Phi) is 5.10. The van der Waals surface area contributed by atoms with Gasteiger partial charge in [-0.05, 0) is 35.0 Å². The number of hydrogen-bond donors (Lipinski definition) is 1. The van der Waals surface area contributed by atoms with Crippen molar-refractivity contribution in [2.75, 3.05) is 26.6 Å². The second kappa shape index (κ2) is 7.03. The number of anilines is 1. The summed E-state index contributed by atoms with van der Waals surface area (Å²) >= 11 is 0. The van der Waals surface area contributed by atoms with Crippen LogP contribution in [0.2, 0.25) is 0 Å². The zero-order chi connectivity index (χ0) is 15.2. The highest BCUT2D eigenvalue weighted by Gasteiger charge is 2.18. The zero-order valence-corrected chi connectivity index (χ0v) is 12.6. The van der Waals surface area contributed by atoms with Crippen molar-refractivity contribution in [3.8, 4) is 17.1 Å². The fourth-order valence-corrected chi connectivity index (χ4v) is 2.28. The summed E-state index contributed by atoms with van der Waals surface area (Å²) in [6.07, 6.45) is 1.97. The highest BCUT2D eigenvalue weighted by molar-refractivity contribution is 5.65.